The Hall–Kier alpha value is -3.36. The molecule has 0 unspecified atom stereocenters. The van der Waals surface area contributed by atoms with E-state index < -0.39 is 10.0 Å². The van der Waals surface area contributed by atoms with Crippen LogP contribution in [0, 0.1) is 0 Å². The fourth-order valence-electron chi connectivity index (χ4n) is 2.51. The van der Waals surface area contributed by atoms with Gasteiger partial charge < -0.3 is 9.47 Å². The molecule has 0 spiro atoms. The standard InChI is InChI=1S/C22H19ClN2O5S/c1-29-22(26)18-6-2-17(3-7-18)15-30-20-10-4-16(5-11-20)14-24-25-31(27,28)21-12-8-19(23)9-13-21/h2-14,25H,15H2,1H3. The summed E-state index contributed by atoms with van der Waals surface area (Å²) < 4.78 is 34.7. The van der Waals surface area contributed by atoms with Crippen molar-refractivity contribution < 1.29 is 22.7 Å². The van der Waals surface area contributed by atoms with Gasteiger partial charge in [-0.2, -0.15) is 13.5 Å². The number of hydrogen-bond acceptors (Lipinski definition) is 6. The number of sulfonamides is 1. The van der Waals surface area contributed by atoms with Crippen molar-refractivity contribution in [1.82, 2.24) is 4.83 Å². The van der Waals surface area contributed by atoms with E-state index >= 15 is 0 Å². The van der Waals surface area contributed by atoms with Gasteiger partial charge in [-0.3, -0.25) is 0 Å². The van der Waals surface area contributed by atoms with E-state index in [1.807, 2.05) is 0 Å². The van der Waals surface area contributed by atoms with Gasteiger partial charge in [0, 0.05) is 5.02 Å². The molecule has 9 heteroatoms. The van der Waals surface area contributed by atoms with Crippen molar-refractivity contribution >= 4 is 33.8 Å². The molecular formula is C22H19ClN2O5S. The first kappa shape index (κ1) is 22.3. The Balaban J connectivity index is 1.54. The van der Waals surface area contributed by atoms with Crippen molar-refractivity contribution in [2.75, 3.05) is 7.11 Å². The Bertz CT molecular complexity index is 1160. The number of methoxy groups -OCH3 is 1. The predicted octanol–water partition coefficient (Wildman–Crippen LogP) is 4.02. The summed E-state index contributed by atoms with van der Waals surface area (Å²) in [7, 11) is -2.43. The molecule has 0 saturated heterocycles. The van der Waals surface area contributed by atoms with E-state index in [0.29, 0.717) is 28.5 Å². The largest absolute Gasteiger partial charge is 0.489 e. The monoisotopic (exact) mass is 458 g/mol. The number of hydrogen-bond donors (Lipinski definition) is 1. The maximum atomic E-state index is 12.2. The highest BCUT2D eigenvalue weighted by atomic mass is 35.5. The van der Waals surface area contributed by atoms with Gasteiger partial charge in [0.25, 0.3) is 10.0 Å². The van der Waals surface area contributed by atoms with E-state index in [1.165, 1.54) is 37.6 Å². The molecule has 1 N–H and O–H groups in total. The Morgan fingerprint density at radius 1 is 1.00 bits per heavy atom. The Kier molecular flexibility index (Phi) is 7.28. The number of nitrogens with zero attached hydrogens (tertiary/aromatic N) is 1. The van der Waals surface area contributed by atoms with Gasteiger partial charge in [0.2, 0.25) is 0 Å². The van der Waals surface area contributed by atoms with Crippen molar-refractivity contribution in [1.29, 1.82) is 0 Å². The van der Waals surface area contributed by atoms with E-state index in [0.717, 1.165) is 5.56 Å². The Labute approximate surface area is 185 Å². The molecule has 0 heterocycles. The van der Waals surface area contributed by atoms with E-state index in [1.54, 1.807) is 48.5 Å². The van der Waals surface area contributed by atoms with E-state index in [-0.39, 0.29) is 10.9 Å². The van der Waals surface area contributed by atoms with Crippen molar-refractivity contribution in [2.45, 2.75) is 11.5 Å². The van der Waals surface area contributed by atoms with Crippen molar-refractivity contribution in [3.63, 3.8) is 0 Å². The number of carbonyl (C=O) groups excluding carboxylic acids is 1. The lowest BCUT2D eigenvalue weighted by Gasteiger charge is -2.07. The first-order valence-corrected chi connectivity index (χ1v) is 10.9. The van der Waals surface area contributed by atoms with Crippen molar-refractivity contribution in [3.8, 4) is 5.75 Å². The number of rotatable bonds is 8. The van der Waals surface area contributed by atoms with Crippen LogP contribution in [0.15, 0.2) is 82.8 Å². The number of halogens is 1. The first-order valence-electron chi connectivity index (χ1n) is 9.08. The maximum absolute atomic E-state index is 12.2. The number of carbonyl (C=O) groups is 1. The van der Waals surface area contributed by atoms with E-state index in [4.69, 9.17) is 16.3 Å². The molecule has 0 fully saturated rings. The van der Waals surface area contributed by atoms with Crippen LogP contribution in [0.5, 0.6) is 5.75 Å². The molecule has 7 nitrogen and oxygen atoms in total. The number of benzene rings is 3. The van der Waals surface area contributed by atoms with Gasteiger partial charge in [0.05, 0.1) is 23.8 Å². The molecule has 0 atom stereocenters. The smallest absolute Gasteiger partial charge is 0.337 e. The van der Waals surface area contributed by atoms with Crippen LogP contribution in [0.3, 0.4) is 0 Å². The summed E-state index contributed by atoms with van der Waals surface area (Å²) >= 11 is 5.77. The number of ether oxygens (including phenoxy) is 2. The lowest BCUT2D eigenvalue weighted by molar-refractivity contribution is 0.0600. The van der Waals surface area contributed by atoms with Gasteiger partial charge in [0.15, 0.2) is 0 Å². The molecule has 0 radical (unpaired) electrons. The summed E-state index contributed by atoms with van der Waals surface area (Å²) in [5.74, 6) is 0.246. The summed E-state index contributed by atoms with van der Waals surface area (Å²) in [6.45, 7) is 0.329. The van der Waals surface area contributed by atoms with Gasteiger partial charge >= 0.3 is 5.97 Å². The molecule has 0 amide bonds. The van der Waals surface area contributed by atoms with Crippen LogP contribution < -0.4 is 9.57 Å². The molecule has 0 bridgehead atoms. The summed E-state index contributed by atoms with van der Waals surface area (Å²) in [5, 5.41) is 4.24. The number of esters is 1. The molecule has 0 saturated carbocycles. The summed E-state index contributed by atoms with van der Waals surface area (Å²) in [4.78, 5) is 13.7. The minimum atomic E-state index is -3.77. The van der Waals surface area contributed by atoms with E-state index in [2.05, 4.69) is 14.7 Å². The zero-order valence-electron chi connectivity index (χ0n) is 16.5. The zero-order valence-corrected chi connectivity index (χ0v) is 18.1. The Morgan fingerprint density at radius 2 is 1.65 bits per heavy atom. The fourth-order valence-corrected chi connectivity index (χ4v) is 3.43. The molecule has 160 valence electrons. The molecule has 0 aliphatic carbocycles. The second-order valence-electron chi connectivity index (χ2n) is 6.35. The second-order valence-corrected chi connectivity index (χ2v) is 8.45. The molecule has 3 aromatic rings. The topological polar surface area (TPSA) is 94.1 Å². The molecule has 0 aliphatic heterocycles. The highest BCUT2D eigenvalue weighted by Crippen LogP contribution is 2.15. The molecular weight excluding hydrogens is 440 g/mol. The van der Waals surface area contributed by atoms with E-state index in [9.17, 15) is 13.2 Å². The average Bonchev–Trinajstić information content (AvgIpc) is 2.78. The first-order chi connectivity index (χ1) is 14.9. The molecule has 31 heavy (non-hydrogen) atoms. The second kappa shape index (κ2) is 10.1. The highest BCUT2D eigenvalue weighted by molar-refractivity contribution is 7.89. The van der Waals surface area contributed by atoms with Crippen LogP contribution in [-0.4, -0.2) is 27.7 Å². The summed E-state index contributed by atoms with van der Waals surface area (Å²) in [5.41, 5.74) is 2.06. The van der Waals surface area contributed by atoms with Gasteiger partial charge in [-0.05, 0) is 71.8 Å². The van der Waals surface area contributed by atoms with Crippen LogP contribution in [-0.2, 0) is 21.4 Å². The van der Waals surface area contributed by atoms with Crippen molar-refractivity contribution in [3.05, 3.63) is 94.5 Å². The predicted molar refractivity (Wildman–Crippen MR) is 118 cm³/mol. The van der Waals surface area contributed by atoms with Gasteiger partial charge in [0.1, 0.15) is 12.4 Å². The third-order valence-electron chi connectivity index (χ3n) is 4.17. The van der Waals surface area contributed by atoms with Crippen molar-refractivity contribution in [2.24, 2.45) is 5.10 Å². The van der Waals surface area contributed by atoms with Crippen LogP contribution in [0.25, 0.3) is 0 Å². The quantitative estimate of drug-likeness (QED) is 0.312. The molecule has 3 aromatic carbocycles. The molecule has 0 aromatic heterocycles. The highest BCUT2D eigenvalue weighted by Gasteiger charge is 2.12. The van der Waals surface area contributed by atoms with Crippen LogP contribution in [0.1, 0.15) is 21.5 Å². The number of hydrazone groups is 1. The van der Waals surface area contributed by atoms with Crippen LogP contribution in [0.4, 0.5) is 0 Å². The van der Waals surface area contributed by atoms with Gasteiger partial charge in [-0.25, -0.2) is 9.63 Å². The lowest BCUT2D eigenvalue weighted by atomic mass is 10.1. The minimum Gasteiger partial charge on any atom is -0.489 e. The van der Waals surface area contributed by atoms with Crippen LogP contribution >= 0.6 is 11.6 Å². The molecule has 0 aliphatic rings. The molecule has 3 rings (SSSR count). The average molecular weight is 459 g/mol. The summed E-state index contributed by atoms with van der Waals surface area (Å²) in [6.07, 6.45) is 1.39. The zero-order chi connectivity index (χ0) is 22.3. The maximum Gasteiger partial charge on any atom is 0.337 e. The minimum absolute atomic E-state index is 0.0671. The SMILES string of the molecule is COC(=O)c1ccc(COc2ccc(C=NNS(=O)(=O)c3ccc(Cl)cc3)cc2)cc1. The van der Waals surface area contributed by atoms with Crippen LogP contribution in [0.2, 0.25) is 5.02 Å². The van der Waals surface area contributed by atoms with Gasteiger partial charge in [-0.1, -0.05) is 23.7 Å². The van der Waals surface area contributed by atoms with Gasteiger partial charge in [-0.15, -0.1) is 0 Å². The Morgan fingerprint density at radius 3 is 2.26 bits per heavy atom. The fraction of sp³-hybridized carbons (Fsp3) is 0.0909. The normalized spacial score (nSPS) is 11.3. The summed E-state index contributed by atoms with van der Waals surface area (Å²) in [6, 6.07) is 19.7. The third kappa shape index (κ3) is 6.31. The third-order valence-corrected chi connectivity index (χ3v) is 5.66. The lowest BCUT2D eigenvalue weighted by Crippen LogP contribution is -2.18. The number of nitrogens with one attached hydrogen (secondary N) is 1.